The summed E-state index contributed by atoms with van der Waals surface area (Å²) in [6.45, 7) is 5.68. The summed E-state index contributed by atoms with van der Waals surface area (Å²) in [4.78, 5) is 15.6. The Hall–Kier alpha value is -1.42. The molecule has 0 atom stereocenters. The fraction of sp³-hybridized carbons (Fsp3) is 0.550. The van der Waals surface area contributed by atoms with E-state index in [9.17, 15) is 4.79 Å². The van der Waals surface area contributed by atoms with Crippen molar-refractivity contribution in [1.82, 2.24) is 4.98 Å². The standard InChI is InChI=1S/C20H27NO2S/c1-20(2,3)23-19(22)17-12-21-18-10-9-14(11-16(17)18)13-24-15-7-5-4-6-8-15/h9-12,15,21H,4-8,13H2,1-3H3. The van der Waals surface area contributed by atoms with Crippen LogP contribution in [0, 0.1) is 0 Å². The Kier molecular flexibility index (Phi) is 5.24. The van der Waals surface area contributed by atoms with Crippen molar-refractivity contribution in [3.63, 3.8) is 0 Å². The molecular formula is C20H27NO2S. The lowest BCUT2D eigenvalue weighted by Gasteiger charge is -2.21. The van der Waals surface area contributed by atoms with Crippen LogP contribution < -0.4 is 0 Å². The molecule has 1 aliphatic carbocycles. The maximum Gasteiger partial charge on any atom is 0.340 e. The largest absolute Gasteiger partial charge is 0.456 e. The number of ether oxygens (including phenoxy) is 1. The summed E-state index contributed by atoms with van der Waals surface area (Å²) in [5.74, 6) is 0.755. The molecule has 1 aromatic carbocycles. The lowest BCUT2D eigenvalue weighted by Crippen LogP contribution is -2.23. The first-order chi connectivity index (χ1) is 11.4. The van der Waals surface area contributed by atoms with Crippen molar-refractivity contribution in [1.29, 1.82) is 0 Å². The van der Waals surface area contributed by atoms with Crippen LogP contribution in [0.1, 0.15) is 68.8 Å². The molecular weight excluding hydrogens is 318 g/mol. The van der Waals surface area contributed by atoms with E-state index in [4.69, 9.17) is 4.74 Å². The van der Waals surface area contributed by atoms with Gasteiger partial charge in [0, 0.05) is 28.1 Å². The van der Waals surface area contributed by atoms with E-state index in [1.165, 1.54) is 37.7 Å². The number of esters is 1. The topological polar surface area (TPSA) is 42.1 Å². The molecule has 0 radical (unpaired) electrons. The van der Waals surface area contributed by atoms with Gasteiger partial charge in [-0.25, -0.2) is 4.79 Å². The van der Waals surface area contributed by atoms with E-state index in [0.717, 1.165) is 21.9 Å². The first-order valence-corrected chi connectivity index (χ1v) is 9.92. The molecule has 130 valence electrons. The van der Waals surface area contributed by atoms with Gasteiger partial charge in [-0.2, -0.15) is 11.8 Å². The fourth-order valence-corrected chi connectivity index (χ4v) is 4.48. The minimum absolute atomic E-state index is 0.258. The Labute approximate surface area is 148 Å². The number of rotatable bonds is 4. The predicted molar refractivity (Wildman–Crippen MR) is 102 cm³/mol. The molecule has 1 heterocycles. The molecule has 2 aromatic rings. The van der Waals surface area contributed by atoms with Gasteiger partial charge in [0.1, 0.15) is 5.60 Å². The predicted octanol–water partition coefficient (Wildman–Crippen LogP) is 5.69. The summed E-state index contributed by atoms with van der Waals surface area (Å²) in [7, 11) is 0. The van der Waals surface area contributed by atoms with Gasteiger partial charge in [0.25, 0.3) is 0 Å². The lowest BCUT2D eigenvalue weighted by molar-refractivity contribution is 0.00719. The minimum atomic E-state index is -0.477. The lowest BCUT2D eigenvalue weighted by atomic mass is 10.0. The van der Waals surface area contributed by atoms with Gasteiger partial charge in [-0.05, 0) is 51.3 Å². The molecule has 0 unspecified atom stereocenters. The van der Waals surface area contributed by atoms with Crippen molar-refractivity contribution in [2.24, 2.45) is 0 Å². The van der Waals surface area contributed by atoms with Crippen LogP contribution >= 0.6 is 11.8 Å². The molecule has 0 spiro atoms. The van der Waals surface area contributed by atoms with Crippen molar-refractivity contribution in [3.8, 4) is 0 Å². The average molecular weight is 346 g/mol. The van der Waals surface area contributed by atoms with Crippen molar-refractivity contribution in [2.45, 2.75) is 69.5 Å². The number of H-pyrrole nitrogens is 1. The molecule has 1 aromatic heterocycles. The Morgan fingerprint density at radius 1 is 1.25 bits per heavy atom. The van der Waals surface area contributed by atoms with Crippen LogP contribution in [0.5, 0.6) is 0 Å². The third kappa shape index (κ3) is 4.35. The van der Waals surface area contributed by atoms with Crippen LogP contribution in [0.15, 0.2) is 24.4 Å². The van der Waals surface area contributed by atoms with Gasteiger partial charge < -0.3 is 9.72 Å². The van der Waals surface area contributed by atoms with E-state index in [1.54, 1.807) is 6.20 Å². The highest BCUT2D eigenvalue weighted by molar-refractivity contribution is 7.99. The summed E-state index contributed by atoms with van der Waals surface area (Å²) in [6.07, 6.45) is 8.59. The number of carbonyl (C=O) groups excluding carboxylic acids is 1. The quantitative estimate of drug-likeness (QED) is 0.724. The van der Waals surface area contributed by atoms with Gasteiger partial charge in [0.05, 0.1) is 5.56 Å². The maximum absolute atomic E-state index is 12.4. The van der Waals surface area contributed by atoms with Crippen LogP contribution in [0.3, 0.4) is 0 Å². The molecule has 0 saturated heterocycles. The van der Waals surface area contributed by atoms with Crippen molar-refractivity contribution < 1.29 is 9.53 Å². The number of nitrogens with one attached hydrogen (secondary N) is 1. The Balaban J connectivity index is 1.74. The van der Waals surface area contributed by atoms with E-state index < -0.39 is 5.60 Å². The number of hydrogen-bond donors (Lipinski definition) is 1. The van der Waals surface area contributed by atoms with Crippen LogP contribution in [-0.4, -0.2) is 21.8 Å². The van der Waals surface area contributed by atoms with E-state index in [1.807, 2.05) is 20.8 Å². The SMILES string of the molecule is CC(C)(C)OC(=O)c1c[nH]c2ccc(CSC3CCCCC3)cc12. The third-order valence-electron chi connectivity index (χ3n) is 4.40. The highest BCUT2D eigenvalue weighted by atomic mass is 32.2. The molecule has 24 heavy (non-hydrogen) atoms. The zero-order valence-corrected chi connectivity index (χ0v) is 15.7. The zero-order chi connectivity index (χ0) is 17.2. The molecule has 1 fully saturated rings. The Bertz CT molecular complexity index is 708. The van der Waals surface area contributed by atoms with Crippen LogP contribution in [0.4, 0.5) is 0 Å². The number of carbonyl (C=O) groups is 1. The first-order valence-electron chi connectivity index (χ1n) is 8.87. The summed E-state index contributed by atoms with van der Waals surface area (Å²) < 4.78 is 5.52. The second kappa shape index (κ2) is 7.22. The highest BCUT2D eigenvalue weighted by Gasteiger charge is 2.21. The normalized spacial score (nSPS) is 16.5. The minimum Gasteiger partial charge on any atom is -0.456 e. The Morgan fingerprint density at radius 3 is 2.71 bits per heavy atom. The average Bonchev–Trinajstić information content (AvgIpc) is 2.95. The molecule has 1 saturated carbocycles. The van der Waals surface area contributed by atoms with E-state index >= 15 is 0 Å². The third-order valence-corrected chi connectivity index (χ3v) is 5.85. The summed E-state index contributed by atoms with van der Waals surface area (Å²) in [5.41, 5.74) is 2.42. The van der Waals surface area contributed by atoms with Gasteiger partial charge >= 0.3 is 5.97 Å². The summed E-state index contributed by atoms with van der Waals surface area (Å²) in [5, 5.41) is 1.76. The second-order valence-corrected chi connectivity index (χ2v) is 8.94. The van der Waals surface area contributed by atoms with Gasteiger partial charge in [0.2, 0.25) is 0 Å². The van der Waals surface area contributed by atoms with Crippen LogP contribution in [-0.2, 0) is 10.5 Å². The summed E-state index contributed by atoms with van der Waals surface area (Å²) in [6, 6.07) is 6.37. The monoisotopic (exact) mass is 345 g/mol. The molecule has 0 amide bonds. The number of aromatic nitrogens is 1. The van der Waals surface area contributed by atoms with Gasteiger partial charge in [0.15, 0.2) is 0 Å². The fourth-order valence-electron chi connectivity index (χ4n) is 3.21. The van der Waals surface area contributed by atoms with Crippen molar-refractivity contribution in [2.75, 3.05) is 0 Å². The number of hydrogen-bond acceptors (Lipinski definition) is 3. The van der Waals surface area contributed by atoms with Crippen LogP contribution in [0.25, 0.3) is 10.9 Å². The van der Waals surface area contributed by atoms with Crippen LogP contribution in [0.2, 0.25) is 0 Å². The number of fused-ring (bicyclic) bond motifs is 1. The molecule has 1 N–H and O–H groups in total. The van der Waals surface area contributed by atoms with E-state index in [2.05, 4.69) is 34.9 Å². The van der Waals surface area contributed by atoms with Gasteiger partial charge in [-0.15, -0.1) is 0 Å². The van der Waals surface area contributed by atoms with E-state index in [-0.39, 0.29) is 5.97 Å². The second-order valence-electron chi connectivity index (χ2n) is 7.66. The smallest absolute Gasteiger partial charge is 0.340 e. The first kappa shape index (κ1) is 17.4. The maximum atomic E-state index is 12.4. The molecule has 0 aliphatic heterocycles. The molecule has 3 rings (SSSR count). The van der Waals surface area contributed by atoms with Crippen molar-refractivity contribution >= 4 is 28.6 Å². The molecule has 0 bridgehead atoms. The molecule has 4 heteroatoms. The van der Waals surface area contributed by atoms with Crippen molar-refractivity contribution in [3.05, 3.63) is 35.5 Å². The van der Waals surface area contributed by atoms with Gasteiger partial charge in [-0.3, -0.25) is 0 Å². The summed E-state index contributed by atoms with van der Waals surface area (Å²) >= 11 is 2.06. The van der Waals surface area contributed by atoms with Gasteiger partial charge in [-0.1, -0.05) is 25.3 Å². The highest BCUT2D eigenvalue weighted by Crippen LogP contribution is 2.31. The number of aromatic amines is 1. The molecule has 3 nitrogen and oxygen atoms in total. The molecule has 1 aliphatic rings. The zero-order valence-electron chi connectivity index (χ0n) is 14.9. The van der Waals surface area contributed by atoms with E-state index in [0.29, 0.717) is 5.56 Å². The number of benzene rings is 1. The number of thioether (sulfide) groups is 1. The Morgan fingerprint density at radius 2 is 2.00 bits per heavy atom.